The van der Waals surface area contributed by atoms with Crippen LogP contribution in [0.2, 0.25) is 0 Å². The number of benzene rings is 1. The van der Waals surface area contributed by atoms with E-state index in [1.54, 1.807) is 4.90 Å². The lowest BCUT2D eigenvalue weighted by molar-refractivity contribution is -0.133. The third-order valence-electron chi connectivity index (χ3n) is 3.85. The molecule has 1 heterocycles. The molecule has 7 heteroatoms. The molecule has 0 spiro atoms. The Morgan fingerprint density at radius 2 is 2.09 bits per heavy atom. The number of carbonyl (C=O) groups is 1. The summed E-state index contributed by atoms with van der Waals surface area (Å²) in [6, 6.07) is 9.23. The second-order valence-electron chi connectivity index (χ2n) is 5.71. The van der Waals surface area contributed by atoms with E-state index < -0.39 is 10.0 Å². The molecular weight excluding hydrogens is 302 g/mol. The molecule has 6 nitrogen and oxygen atoms in total. The van der Waals surface area contributed by atoms with Crippen molar-refractivity contribution >= 4 is 15.9 Å². The molecule has 0 unspecified atom stereocenters. The monoisotopic (exact) mass is 325 g/mol. The molecule has 22 heavy (non-hydrogen) atoms. The Morgan fingerprint density at radius 1 is 1.41 bits per heavy atom. The molecule has 1 aliphatic heterocycles. The molecule has 0 aromatic heterocycles. The Morgan fingerprint density at radius 3 is 2.68 bits per heavy atom. The van der Waals surface area contributed by atoms with E-state index in [1.807, 2.05) is 30.3 Å². The molecule has 1 aromatic carbocycles. The van der Waals surface area contributed by atoms with Gasteiger partial charge in [-0.25, -0.2) is 13.1 Å². The van der Waals surface area contributed by atoms with Gasteiger partial charge < -0.3 is 10.6 Å². The normalized spacial score (nSPS) is 20.6. The second-order valence-corrected chi connectivity index (χ2v) is 7.49. The first-order valence-electron chi connectivity index (χ1n) is 7.42. The SMILES string of the molecule is CS(=O)(=O)N[C@@H]1CCCN(C(=O)[C@@H](CN)c2ccccc2)C1. The lowest BCUT2D eigenvalue weighted by Crippen LogP contribution is -2.51. The summed E-state index contributed by atoms with van der Waals surface area (Å²) in [5, 5.41) is 0. The first-order chi connectivity index (χ1) is 10.4. The van der Waals surface area contributed by atoms with Crippen LogP contribution in [0, 0.1) is 0 Å². The van der Waals surface area contributed by atoms with Gasteiger partial charge in [0, 0.05) is 25.7 Å². The Balaban J connectivity index is 2.07. The van der Waals surface area contributed by atoms with Gasteiger partial charge in [-0.1, -0.05) is 30.3 Å². The molecule has 1 saturated heterocycles. The number of carbonyl (C=O) groups excluding carboxylic acids is 1. The zero-order valence-electron chi connectivity index (χ0n) is 12.7. The highest BCUT2D eigenvalue weighted by atomic mass is 32.2. The van der Waals surface area contributed by atoms with E-state index in [-0.39, 0.29) is 24.4 Å². The predicted molar refractivity (Wildman–Crippen MR) is 85.8 cm³/mol. The van der Waals surface area contributed by atoms with Crippen LogP contribution in [0.25, 0.3) is 0 Å². The van der Waals surface area contributed by atoms with Gasteiger partial charge in [0.05, 0.1) is 12.2 Å². The third kappa shape index (κ3) is 4.53. The van der Waals surface area contributed by atoms with Gasteiger partial charge in [-0.2, -0.15) is 0 Å². The van der Waals surface area contributed by atoms with E-state index in [1.165, 1.54) is 0 Å². The largest absolute Gasteiger partial charge is 0.341 e. The van der Waals surface area contributed by atoms with Crippen molar-refractivity contribution in [2.24, 2.45) is 5.73 Å². The second kappa shape index (κ2) is 7.21. The zero-order chi connectivity index (χ0) is 16.2. The molecule has 0 saturated carbocycles. The van der Waals surface area contributed by atoms with Gasteiger partial charge >= 0.3 is 0 Å². The van der Waals surface area contributed by atoms with Crippen LogP contribution >= 0.6 is 0 Å². The summed E-state index contributed by atoms with van der Waals surface area (Å²) in [5.74, 6) is -0.410. The van der Waals surface area contributed by atoms with Gasteiger partial charge in [-0.3, -0.25) is 4.79 Å². The number of hydrogen-bond acceptors (Lipinski definition) is 4. The van der Waals surface area contributed by atoms with E-state index in [9.17, 15) is 13.2 Å². The molecular formula is C15H23N3O3S. The topological polar surface area (TPSA) is 92.5 Å². The van der Waals surface area contributed by atoms with Crippen LogP contribution in [-0.4, -0.2) is 51.2 Å². The number of nitrogens with zero attached hydrogens (tertiary/aromatic N) is 1. The standard InChI is InChI=1S/C15H23N3O3S/c1-22(20,21)17-13-8-5-9-18(11-13)15(19)14(10-16)12-6-3-2-4-7-12/h2-4,6-7,13-14,17H,5,8-11,16H2,1H3/t13-,14+/m1/s1. The van der Waals surface area contributed by atoms with Crippen molar-refractivity contribution in [1.29, 1.82) is 0 Å². The van der Waals surface area contributed by atoms with Crippen LogP contribution < -0.4 is 10.5 Å². The summed E-state index contributed by atoms with van der Waals surface area (Å²) in [5.41, 5.74) is 6.69. The number of nitrogens with one attached hydrogen (secondary N) is 1. The average molecular weight is 325 g/mol. The van der Waals surface area contributed by atoms with Crippen LogP contribution in [0.4, 0.5) is 0 Å². The average Bonchev–Trinajstić information content (AvgIpc) is 2.47. The molecule has 0 bridgehead atoms. The first kappa shape index (κ1) is 16.9. The number of sulfonamides is 1. The molecule has 3 N–H and O–H groups in total. The lowest BCUT2D eigenvalue weighted by Gasteiger charge is -2.34. The van der Waals surface area contributed by atoms with Gasteiger partial charge in [-0.05, 0) is 18.4 Å². The van der Waals surface area contributed by atoms with Crippen LogP contribution in [0.3, 0.4) is 0 Å². The maximum absolute atomic E-state index is 12.7. The molecule has 0 radical (unpaired) electrons. The summed E-state index contributed by atoms with van der Waals surface area (Å²) < 4.78 is 25.3. The van der Waals surface area contributed by atoms with Gasteiger partial charge in [-0.15, -0.1) is 0 Å². The van der Waals surface area contributed by atoms with E-state index in [0.29, 0.717) is 13.1 Å². The quantitative estimate of drug-likeness (QED) is 0.813. The zero-order valence-corrected chi connectivity index (χ0v) is 13.6. The molecule has 1 fully saturated rings. The van der Waals surface area contributed by atoms with Crippen molar-refractivity contribution in [3.05, 3.63) is 35.9 Å². The molecule has 0 aliphatic carbocycles. The van der Waals surface area contributed by atoms with E-state index in [0.717, 1.165) is 24.7 Å². The molecule has 1 aliphatic rings. The van der Waals surface area contributed by atoms with E-state index in [4.69, 9.17) is 5.73 Å². The van der Waals surface area contributed by atoms with Crippen molar-refractivity contribution in [1.82, 2.24) is 9.62 Å². The Bertz CT molecular complexity index is 604. The summed E-state index contributed by atoms with van der Waals surface area (Å²) in [7, 11) is -3.26. The highest BCUT2D eigenvalue weighted by Gasteiger charge is 2.30. The van der Waals surface area contributed by atoms with E-state index in [2.05, 4.69) is 4.72 Å². The Labute approximate surface area is 131 Å². The summed E-state index contributed by atoms with van der Waals surface area (Å²) in [4.78, 5) is 14.4. The first-order valence-corrected chi connectivity index (χ1v) is 9.31. The minimum Gasteiger partial charge on any atom is -0.341 e. The van der Waals surface area contributed by atoms with Crippen LogP contribution in [0.1, 0.15) is 24.3 Å². The number of hydrogen-bond donors (Lipinski definition) is 2. The number of amides is 1. The van der Waals surface area contributed by atoms with Gasteiger partial charge in [0.15, 0.2) is 0 Å². The molecule has 1 aromatic rings. The van der Waals surface area contributed by atoms with Crippen LogP contribution in [0.5, 0.6) is 0 Å². The maximum atomic E-state index is 12.7. The van der Waals surface area contributed by atoms with Crippen molar-refractivity contribution in [3.8, 4) is 0 Å². The summed E-state index contributed by atoms with van der Waals surface area (Å²) in [6.07, 6.45) is 2.67. The minimum atomic E-state index is -3.26. The van der Waals surface area contributed by atoms with Crippen molar-refractivity contribution in [2.45, 2.75) is 24.8 Å². The fraction of sp³-hybridized carbons (Fsp3) is 0.533. The number of piperidine rings is 1. The predicted octanol–water partition coefficient (Wildman–Crippen LogP) is 0.269. The molecule has 2 atom stereocenters. The molecule has 1 amide bonds. The molecule has 2 rings (SSSR count). The Hall–Kier alpha value is -1.44. The third-order valence-corrected chi connectivity index (χ3v) is 4.61. The Kier molecular flexibility index (Phi) is 5.55. The van der Waals surface area contributed by atoms with Crippen molar-refractivity contribution in [3.63, 3.8) is 0 Å². The smallest absolute Gasteiger partial charge is 0.231 e. The number of likely N-dealkylation sites (tertiary alicyclic amines) is 1. The number of nitrogens with two attached hydrogens (primary N) is 1. The van der Waals surface area contributed by atoms with Gasteiger partial charge in [0.1, 0.15) is 0 Å². The maximum Gasteiger partial charge on any atom is 0.231 e. The van der Waals surface area contributed by atoms with Crippen molar-refractivity contribution < 1.29 is 13.2 Å². The highest BCUT2D eigenvalue weighted by molar-refractivity contribution is 7.88. The molecule has 122 valence electrons. The van der Waals surface area contributed by atoms with Crippen molar-refractivity contribution in [2.75, 3.05) is 25.9 Å². The minimum absolute atomic E-state index is 0.0336. The fourth-order valence-corrected chi connectivity index (χ4v) is 3.66. The fourth-order valence-electron chi connectivity index (χ4n) is 2.86. The summed E-state index contributed by atoms with van der Waals surface area (Å²) >= 11 is 0. The number of rotatable bonds is 5. The van der Waals surface area contributed by atoms with Gasteiger partial charge in [0.2, 0.25) is 15.9 Å². The van der Waals surface area contributed by atoms with E-state index >= 15 is 0 Å². The van der Waals surface area contributed by atoms with Gasteiger partial charge in [0.25, 0.3) is 0 Å². The summed E-state index contributed by atoms with van der Waals surface area (Å²) in [6.45, 7) is 1.28. The lowest BCUT2D eigenvalue weighted by atomic mass is 9.96. The van der Waals surface area contributed by atoms with Crippen LogP contribution in [-0.2, 0) is 14.8 Å². The van der Waals surface area contributed by atoms with Crippen LogP contribution in [0.15, 0.2) is 30.3 Å². The highest BCUT2D eigenvalue weighted by Crippen LogP contribution is 2.20.